The molecule has 0 bridgehead atoms. The van der Waals surface area contributed by atoms with Crippen molar-refractivity contribution in [2.24, 2.45) is 0 Å². The number of benzene rings is 1. The van der Waals surface area contributed by atoms with Crippen LogP contribution in [0.2, 0.25) is 0 Å². The van der Waals surface area contributed by atoms with Crippen LogP contribution in [0.25, 0.3) is 0 Å². The maximum absolute atomic E-state index is 12.2. The number of amides is 2. The molecule has 0 radical (unpaired) electrons. The summed E-state index contributed by atoms with van der Waals surface area (Å²) < 4.78 is 0. The van der Waals surface area contributed by atoms with Gasteiger partial charge in [0.1, 0.15) is 12.1 Å². The van der Waals surface area contributed by atoms with E-state index < -0.39 is 12.1 Å². The van der Waals surface area contributed by atoms with Gasteiger partial charge < -0.3 is 10.2 Å². The minimum atomic E-state index is -0.424. The van der Waals surface area contributed by atoms with Gasteiger partial charge in [-0.2, -0.15) is 0 Å². The number of rotatable bonds is 3. The number of carbonyl (C=O) groups excluding carboxylic acids is 2. The van der Waals surface area contributed by atoms with Gasteiger partial charge in [0.25, 0.3) is 0 Å². The molecule has 1 saturated heterocycles. The standard InChI is InChI=1S/C15H20N2O2/c1-10(13-7-5-4-6-8-13)9-17-12(3)14(18)16-11(2)15(17)19/h4-8,10-12H,9H2,1-3H3,(H,16,18). The number of hydrogen-bond donors (Lipinski definition) is 1. The number of hydrogen-bond acceptors (Lipinski definition) is 2. The lowest BCUT2D eigenvalue weighted by atomic mass is 9.98. The summed E-state index contributed by atoms with van der Waals surface area (Å²) in [6.07, 6.45) is 0. The summed E-state index contributed by atoms with van der Waals surface area (Å²) in [6, 6.07) is 9.23. The minimum Gasteiger partial charge on any atom is -0.343 e. The second-order valence-electron chi connectivity index (χ2n) is 5.21. The molecular formula is C15H20N2O2. The Morgan fingerprint density at radius 1 is 1.21 bits per heavy atom. The molecule has 1 aromatic carbocycles. The molecule has 4 nitrogen and oxygen atoms in total. The van der Waals surface area contributed by atoms with Crippen LogP contribution in [0, 0.1) is 0 Å². The quantitative estimate of drug-likeness (QED) is 0.896. The summed E-state index contributed by atoms with van der Waals surface area (Å²) in [4.78, 5) is 25.6. The zero-order valence-corrected chi connectivity index (χ0v) is 11.6. The molecule has 1 aromatic rings. The fraction of sp³-hybridized carbons (Fsp3) is 0.467. The van der Waals surface area contributed by atoms with Crippen LogP contribution in [0.1, 0.15) is 32.3 Å². The van der Waals surface area contributed by atoms with Crippen LogP contribution in [0.4, 0.5) is 0 Å². The summed E-state index contributed by atoms with van der Waals surface area (Å²) in [6.45, 7) is 6.15. The van der Waals surface area contributed by atoms with E-state index in [1.807, 2.05) is 30.3 Å². The molecule has 0 aromatic heterocycles. The van der Waals surface area contributed by atoms with Crippen LogP contribution in [-0.4, -0.2) is 35.3 Å². The molecule has 1 heterocycles. The van der Waals surface area contributed by atoms with E-state index in [0.717, 1.165) is 0 Å². The zero-order valence-electron chi connectivity index (χ0n) is 11.6. The highest BCUT2D eigenvalue weighted by atomic mass is 16.2. The first-order valence-electron chi connectivity index (χ1n) is 6.66. The summed E-state index contributed by atoms with van der Waals surface area (Å²) in [5.41, 5.74) is 1.18. The maximum Gasteiger partial charge on any atom is 0.245 e. The van der Waals surface area contributed by atoms with Gasteiger partial charge in [0.05, 0.1) is 0 Å². The average Bonchev–Trinajstić information content (AvgIpc) is 2.42. The third-order valence-corrected chi connectivity index (χ3v) is 3.70. The summed E-state index contributed by atoms with van der Waals surface area (Å²) >= 11 is 0. The highest BCUT2D eigenvalue weighted by Gasteiger charge is 2.36. The number of carbonyl (C=O) groups is 2. The van der Waals surface area contributed by atoms with E-state index in [1.165, 1.54) is 5.56 Å². The Kier molecular flexibility index (Phi) is 3.88. The summed E-state index contributed by atoms with van der Waals surface area (Å²) in [5.74, 6) is 0.132. The SMILES string of the molecule is CC1NC(=O)C(C)N(CC(C)c2ccccc2)C1=O. The number of nitrogens with zero attached hydrogens (tertiary/aromatic N) is 1. The predicted octanol–water partition coefficient (Wildman–Crippen LogP) is 1.53. The molecule has 0 spiro atoms. The summed E-state index contributed by atoms with van der Waals surface area (Å²) in [7, 11) is 0. The topological polar surface area (TPSA) is 49.4 Å². The molecule has 2 amide bonds. The lowest BCUT2D eigenvalue weighted by molar-refractivity contribution is -0.148. The largest absolute Gasteiger partial charge is 0.343 e. The Hall–Kier alpha value is -1.84. The highest BCUT2D eigenvalue weighted by Crippen LogP contribution is 2.19. The molecule has 0 aliphatic carbocycles. The highest BCUT2D eigenvalue weighted by molar-refractivity contribution is 5.96. The van der Waals surface area contributed by atoms with E-state index in [0.29, 0.717) is 6.54 Å². The molecule has 19 heavy (non-hydrogen) atoms. The average molecular weight is 260 g/mol. The van der Waals surface area contributed by atoms with E-state index in [2.05, 4.69) is 12.2 Å². The van der Waals surface area contributed by atoms with Crippen molar-refractivity contribution in [3.05, 3.63) is 35.9 Å². The van der Waals surface area contributed by atoms with Crippen LogP contribution in [-0.2, 0) is 9.59 Å². The first kappa shape index (κ1) is 13.6. The first-order valence-corrected chi connectivity index (χ1v) is 6.66. The van der Waals surface area contributed by atoms with Gasteiger partial charge in [0.2, 0.25) is 11.8 Å². The van der Waals surface area contributed by atoms with Gasteiger partial charge in [0.15, 0.2) is 0 Å². The van der Waals surface area contributed by atoms with E-state index in [1.54, 1.807) is 18.7 Å². The van der Waals surface area contributed by atoms with E-state index in [9.17, 15) is 9.59 Å². The van der Waals surface area contributed by atoms with E-state index in [4.69, 9.17) is 0 Å². The maximum atomic E-state index is 12.2. The van der Waals surface area contributed by atoms with Crippen molar-refractivity contribution in [3.8, 4) is 0 Å². The van der Waals surface area contributed by atoms with Crippen molar-refractivity contribution in [3.63, 3.8) is 0 Å². The molecule has 2 rings (SSSR count). The van der Waals surface area contributed by atoms with Gasteiger partial charge in [-0.05, 0) is 25.3 Å². The third kappa shape index (κ3) is 2.78. The predicted molar refractivity (Wildman–Crippen MR) is 73.6 cm³/mol. The summed E-state index contributed by atoms with van der Waals surface area (Å²) in [5, 5.41) is 2.69. The lowest BCUT2D eigenvalue weighted by Crippen LogP contribution is -2.61. The molecule has 1 N–H and O–H groups in total. The fourth-order valence-electron chi connectivity index (χ4n) is 2.41. The van der Waals surface area contributed by atoms with E-state index >= 15 is 0 Å². The molecule has 1 fully saturated rings. The number of piperazine rings is 1. The van der Waals surface area contributed by atoms with Crippen molar-refractivity contribution in [1.82, 2.24) is 10.2 Å². The van der Waals surface area contributed by atoms with Gasteiger partial charge in [-0.1, -0.05) is 37.3 Å². The van der Waals surface area contributed by atoms with Crippen molar-refractivity contribution < 1.29 is 9.59 Å². The van der Waals surface area contributed by atoms with Crippen LogP contribution >= 0.6 is 0 Å². The molecule has 1 aliphatic rings. The van der Waals surface area contributed by atoms with Gasteiger partial charge in [-0.25, -0.2) is 0 Å². The number of nitrogens with one attached hydrogen (secondary N) is 1. The molecule has 0 saturated carbocycles. The monoisotopic (exact) mass is 260 g/mol. The van der Waals surface area contributed by atoms with Crippen LogP contribution in [0.5, 0.6) is 0 Å². The minimum absolute atomic E-state index is 0.00474. The molecule has 1 aliphatic heterocycles. The Morgan fingerprint density at radius 2 is 1.84 bits per heavy atom. The Balaban J connectivity index is 2.12. The van der Waals surface area contributed by atoms with Gasteiger partial charge in [-0.15, -0.1) is 0 Å². The Morgan fingerprint density at radius 3 is 2.47 bits per heavy atom. The molecular weight excluding hydrogens is 240 g/mol. The molecule has 3 atom stereocenters. The lowest BCUT2D eigenvalue weighted by Gasteiger charge is -2.37. The van der Waals surface area contributed by atoms with Gasteiger partial charge in [-0.3, -0.25) is 9.59 Å². The molecule has 102 valence electrons. The molecule has 3 unspecified atom stereocenters. The van der Waals surface area contributed by atoms with Crippen LogP contribution in [0.3, 0.4) is 0 Å². The smallest absolute Gasteiger partial charge is 0.245 e. The van der Waals surface area contributed by atoms with Crippen LogP contribution in [0.15, 0.2) is 30.3 Å². The zero-order chi connectivity index (χ0) is 14.0. The third-order valence-electron chi connectivity index (χ3n) is 3.70. The fourth-order valence-corrected chi connectivity index (χ4v) is 2.41. The van der Waals surface area contributed by atoms with Crippen molar-refractivity contribution >= 4 is 11.8 Å². The van der Waals surface area contributed by atoms with E-state index in [-0.39, 0.29) is 17.7 Å². The van der Waals surface area contributed by atoms with Crippen molar-refractivity contribution in [2.45, 2.75) is 38.8 Å². The Bertz CT molecular complexity index is 472. The second kappa shape index (κ2) is 5.43. The van der Waals surface area contributed by atoms with Gasteiger partial charge in [0, 0.05) is 6.54 Å². The molecule has 4 heteroatoms. The Labute approximate surface area is 113 Å². The van der Waals surface area contributed by atoms with Crippen molar-refractivity contribution in [2.75, 3.05) is 6.54 Å². The second-order valence-corrected chi connectivity index (χ2v) is 5.21. The first-order chi connectivity index (χ1) is 9.00. The van der Waals surface area contributed by atoms with Crippen LogP contribution < -0.4 is 5.32 Å². The van der Waals surface area contributed by atoms with Crippen molar-refractivity contribution in [1.29, 1.82) is 0 Å². The normalized spacial score (nSPS) is 25.1. The van der Waals surface area contributed by atoms with Gasteiger partial charge >= 0.3 is 0 Å².